The largest absolute Gasteiger partial charge is 0.497 e. The summed E-state index contributed by atoms with van der Waals surface area (Å²) in [6, 6.07) is 15.7. The van der Waals surface area contributed by atoms with Crippen LogP contribution >= 0.6 is 0 Å². The molecule has 0 spiro atoms. The molecule has 0 bridgehead atoms. The molecule has 110 valence electrons. The molecular weight excluding hydrogens is 258 g/mol. The Morgan fingerprint density at radius 2 is 2.10 bits per heavy atom. The maximum Gasteiger partial charge on any atom is 0.119 e. The lowest BCUT2D eigenvalue weighted by atomic mass is 9.87. The van der Waals surface area contributed by atoms with Crippen molar-refractivity contribution < 1.29 is 4.74 Å². The number of rotatable bonds is 4. The van der Waals surface area contributed by atoms with E-state index in [0.717, 1.165) is 18.7 Å². The van der Waals surface area contributed by atoms with E-state index in [2.05, 4.69) is 54.7 Å². The first-order chi connectivity index (χ1) is 10.3. The van der Waals surface area contributed by atoms with Crippen LogP contribution in [0.4, 0.5) is 0 Å². The molecule has 0 saturated carbocycles. The summed E-state index contributed by atoms with van der Waals surface area (Å²) in [6.07, 6.45) is 3.62. The first-order valence-corrected chi connectivity index (χ1v) is 7.72. The normalized spacial score (nSPS) is 17.3. The Hall–Kier alpha value is -1.80. The smallest absolute Gasteiger partial charge is 0.119 e. The number of benzene rings is 2. The molecule has 0 saturated heterocycles. The SMILES string of the molecule is COc1ccc2c(c1)CCCC2NCc1cccc(C)c1. The third-order valence-corrected chi connectivity index (χ3v) is 4.30. The standard InChI is InChI=1S/C19H23NO/c1-14-5-3-6-15(11-14)13-20-19-8-4-7-16-12-17(21-2)9-10-18(16)19/h3,5-6,9-12,19-20H,4,7-8,13H2,1-2H3. The molecule has 21 heavy (non-hydrogen) atoms. The number of hydrogen-bond donors (Lipinski definition) is 1. The van der Waals surface area contributed by atoms with Crippen LogP contribution in [0, 0.1) is 6.92 Å². The Kier molecular flexibility index (Phi) is 4.26. The zero-order valence-electron chi connectivity index (χ0n) is 12.9. The highest BCUT2D eigenvalue weighted by Gasteiger charge is 2.20. The van der Waals surface area contributed by atoms with Gasteiger partial charge in [-0.15, -0.1) is 0 Å². The molecule has 1 aliphatic carbocycles. The van der Waals surface area contributed by atoms with E-state index in [1.807, 2.05) is 0 Å². The van der Waals surface area contributed by atoms with Crippen molar-refractivity contribution in [2.24, 2.45) is 0 Å². The maximum atomic E-state index is 5.34. The van der Waals surface area contributed by atoms with Crippen molar-refractivity contribution in [3.05, 3.63) is 64.7 Å². The molecule has 1 atom stereocenters. The lowest BCUT2D eigenvalue weighted by Crippen LogP contribution is -2.24. The highest BCUT2D eigenvalue weighted by atomic mass is 16.5. The molecule has 2 nitrogen and oxygen atoms in total. The zero-order chi connectivity index (χ0) is 14.7. The van der Waals surface area contributed by atoms with Gasteiger partial charge < -0.3 is 10.1 Å². The molecule has 0 heterocycles. The number of hydrogen-bond acceptors (Lipinski definition) is 2. The molecule has 3 rings (SSSR count). The first-order valence-electron chi connectivity index (χ1n) is 7.72. The third-order valence-electron chi connectivity index (χ3n) is 4.30. The van der Waals surface area contributed by atoms with E-state index in [0.29, 0.717) is 6.04 Å². The summed E-state index contributed by atoms with van der Waals surface area (Å²) in [7, 11) is 1.73. The molecular formula is C19H23NO. The summed E-state index contributed by atoms with van der Waals surface area (Å²) in [5.74, 6) is 0.966. The fourth-order valence-corrected chi connectivity index (χ4v) is 3.19. The zero-order valence-corrected chi connectivity index (χ0v) is 12.9. The highest BCUT2D eigenvalue weighted by molar-refractivity contribution is 5.39. The summed E-state index contributed by atoms with van der Waals surface area (Å²) in [5, 5.41) is 3.72. The second-order valence-corrected chi connectivity index (χ2v) is 5.88. The maximum absolute atomic E-state index is 5.34. The average molecular weight is 281 g/mol. The predicted octanol–water partition coefficient (Wildman–Crippen LogP) is 4.17. The van der Waals surface area contributed by atoms with Crippen LogP contribution in [0.1, 0.15) is 41.1 Å². The van der Waals surface area contributed by atoms with Gasteiger partial charge in [0, 0.05) is 12.6 Å². The Morgan fingerprint density at radius 3 is 2.90 bits per heavy atom. The fraction of sp³-hybridized carbons (Fsp3) is 0.368. The van der Waals surface area contributed by atoms with Crippen LogP contribution in [-0.4, -0.2) is 7.11 Å². The number of nitrogens with one attached hydrogen (secondary N) is 1. The topological polar surface area (TPSA) is 21.3 Å². The van der Waals surface area contributed by atoms with Crippen LogP contribution in [0.5, 0.6) is 5.75 Å². The fourth-order valence-electron chi connectivity index (χ4n) is 3.19. The summed E-state index contributed by atoms with van der Waals surface area (Å²) < 4.78 is 5.34. The van der Waals surface area contributed by atoms with Gasteiger partial charge in [0.25, 0.3) is 0 Å². The van der Waals surface area contributed by atoms with Gasteiger partial charge in [0.05, 0.1) is 7.11 Å². The van der Waals surface area contributed by atoms with Gasteiger partial charge in [-0.25, -0.2) is 0 Å². The van der Waals surface area contributed by atoms with Crippen molar-refractivity contribution in [3.8, 4) is 5.75 Å². The molecule has 0 radical (unpaired) electrons. The first kappa shape index (κ1) is 14.2. The van der Waals surface area contributed by atoms with Crippen molar-refractivity contribution in [2.45, 2.75) is 38.8 Å². The van der Waals surface area contributed by atoms with Crippen molar-refractivity contribution in [1.29, 1.82) is 0 Å². The van der Waals surface area contributed by atoms with Gasteiger partial charge in [0.15, 0.2) is 0 Å². The van der Waals surface area contributed by atoms with Crippen molar-refractivity contribution in [2.75, 3.05) is 7.11 Å². The second-order valence-electron chi connectivity index (χ2n) is 5.88. The minimum atomic E-state index is 0.458. The minimum Gasteiger partial charge on any atom is -0.497 e. The Labute approximate surface area is 127 Å². The quantitative estimate of drug-likeness (QED) is 0.908. The Bertz CT molecular complexity index is 621. The molecule has 1 aliphatic rings. The summed E-state index contributed by atoms with van der Waals surface area (Å²) in [6.45, 7) is 3.07. The molecule has 0 amide bonds. The molecule has 2 heteroatoms. The van der Waals surface area contributed by atoms with Gasteiger partial charge >= 0.3 is 0 Å². The Morgan fingerprint density at radius 1 is 1.19 bits per heavy atom. The Balaban J connectivity index is 1.73. The van der Waals surface area contributed by atoms with E-state index in [9.17, 15) is 0 Å². The van der Waals surface area contributed by atoms with Crippen LogP contribution in [0.25, 0.3) is 0 Å². The minimum absolute atomic E-state index is 0.458. The number of aryl methyl sites for hydroxylation is 2. The van der Waals surface area contributed by atoms with Gasteiger partial charge in [-0.1, -0.05) is 35.9 Å². The average Bonchev–Trinajstić information content (AvgIpc) is 2.52. The van der Waals surface area contributed by atoms with Crippen LogP contribution in [0.2, 0.25) is 0 Å². The van der Waals surface area contributed by atoms with Crippen LogP contribution < -0.4 is 10.1 Å². The lowest BCUT2D eigenvalue weighted by molar-refractivity contribution is 0.410. The third kappa shape index (κ3) is 3.27. The number of methoxy groups -OCH3 is 1. The van der Waals surface area contributed by atoms with Gasteiger partial charge in [-0.3, -0.25) is 0 Å². The molecule has 0 fully saturated rings. The highest BCUT2D eigenvalue weighted by Crippen LogP contribution is 2.32. The lowest BCUT2D eigenvalue weighted by Gasteiger charge is -2.27. The summed E-state index contributed by atoms with van der Waals surface area (Å²) in [4.78, 5) is 0. The number of fused-ring (bicyclic) bond motifs is 1. The molecule has 0 aliphatic heterocycles. The van der Waals surface area contributed by atoms with Gasteiger partial charge in [-0.05, 0) is 55.0 Å². The predicted molar refractivity (Wildman–Crippen MR) is 86.7 cm³/mol. The number of ether oxygens (including phenoxy) is 1. The van der Waals surface area contributed by atoms with E-state index in [1.165, 1.54) is 35.1 Å². The molecule has 2 aromatic carbocycles. The van der Waals surface area contributed by atoms with Gasteiger partial charge in [0.1, 0.15) is 5.75 Å². The second kappa shape index (κ2) is 6.31. The molecule has 2 aromatic rings. The summed E-state index contributed by atoms with van der Waals surface area (Å²) in [5.41, 5.74) is 5.55. The van der Waals surface area contributed by atoms with E-state index < -0.39 is 0 Å². The van der Waals surface area contributed by atoms with Crippen molar-refractivity contribution >= 4 is 0 Å². The molecule has 0 aromatic heterocycles. The molecule has 1 unspecified atom stereocenters. The van der Waals surface area contributed by atoms with Gasteiger partial charge in [0.2, 0.25) is 0 Å². The van der Waals surface area contributed by atoms with Crippen molar-refractivity contribution in [3.63, 3.8) is 0 Å². The van der Waals surface area contributed by atoms with Gasteiger partial charge in [-0.2, -0.15) is 0 Å². The van der Waals surface area contributed by atoms with E-state index in [4.69, 9.17) is 4.74 Å². The van der Waals surface area contributed by atoms with Crippen molar-refractivity contribution in [1.82, 2.24) is 5.32 Å². The van der Waals surface area contributed by atoms with Crippen LogP contribution in [-0.2, 0) is 13.0 Å². The van der Waals surface area contributed by atoms with Crippen LogP contribution in [0.15, 0.2) is 42.5 Å². The summed E-state index contributed by atoms with van der Waals surface area (Å²) >= 11 is 0. The van der Waals surface area contributed by atoms with E-state index in [1.54, 1.807) is 7.11 Å². The van der Waals surface area contributed by atoms with E-state index in [-0.39, 0.29) is 0 Å². The molecule has 1 N–H and O–H groups in total. The monoisotopic (exact) mass is 281 g/mol. The van der Waals surface area contributed by atoms with E-state index >= 15 is 0 Å². The van der Waals surface area contributed by atoms with Crippen LogP contribution in [0.3, 0.4) is 0 Å².